The fourth-order valence-electron chi connectivity index (χ4n) is 2.28. The number of hydrogen-bond donors (Lipinski definition) is 1. The number of nitrogens with two attached hydrogens (primary N) is 1. The minimum absolute atomic E-state index is 0.829. The van der Waals surface area contributed by atoms with Crippen molar-refractivity contribution in [1.82, 2.24) is 4.98 Å². The van der Waals surface area contributed by atoms with Gasteiger partial charge in [-0.2, -0.15) is 0 Å². The normalized spacial score (nSPS) is 11.1. The summed E-state index contributed by atoms with van der Waals surface area (Å²) in [6, 6.07) is 8.41. The van der Waals surface area contributed by atoms with Crippen LogP contribution in [0.25, 0.3) is 10.2 Å². The molecule has 0 saturated carbocycles. The lowest BCUT2D eigenvalue weighted by molar-refractivity contribution is 0.889. The van der Waals surface area contributed by atoms with Gasteiger partial charge in [-0.05, 0) is 36.9 Å². The third kappa shape index (κ3) is 2.64. The van der Waals surface area contributed by atoms with Gasteiger partial charge in [0.05, 0.1) is 26.6 Å². The average molecular weight is 303 g/mol. The van der Waals surface area contributed by atoms with Gasteiger partial charge in [-0.1, -0.05) is 6.07 Å². The third-order valence-corrected chi connectivity index (χ3v) is 5.20. The molecule has 104 valence electrons. The molecular weight excluding hydrogens is 286 g/mol. The molecule has 0 saturated heterocycles. The minimum atomic E-state index is 0.829. The van der Waals surface area contributed by atoms with Crippen molar-refractivity contribution < 1.29 is 0 Å². The summed E-state index contributed by atoms with van der Waals surface area (Å²) in [5.74, 6) is 0. The second-order valence-corrected chi connectivity index (χ2v) is 7.13. The lowest BCUT2D eigenvalue weighted by atomic mass is 10.2. The van der Waals surface area contributed by atoms with Crippen molar-refractivity contribution in [3.05, 3.63) is 39.5 Å². The summed E-state index contributed by atoms with van der Waals surface area (Å²) in [7, 11) is 2.09. The van der Waals surface area contributed by atoms with Crippen LogP contribution in [0.15, 0.2) is 29.6 Å². The summed E-state index contributed by atoms with van der Waals surface area (Å²) < 4.78 is 1.16. The summed E-state index contributed by atoms with van der Waals surface area (Å²) in [6.45, 7) is 2.99. The molecule has 20 heavy (non-hydrogen) atoms. The van der Waals surface area contributed by atoms with Crippen LogP contribution in [0.4, 0.5) is 11.4 Å². The van der Waals surface area contributed by atoms with Crippen LogP contribution in [0.2, 0.25) is 0 Å². The van der Waals surface area contributed by atoms with Crippen LogP contribution in [0.5, 0.6) is 0 Å². The molecule has 0 aliphatic heterocycles. The van der Waals surface area contributed by atoms with E-state index in [4.69, 9.17) is 5.73 Å². The Hall–Kier alpha value is -1.59. The van der Waals surface area contributed by atoms with Gasteiger partial charge in [0, 0.05) is 18.5 Å². The van der Waals surface area contributed by atoms with Gasteiger partial charge < -0.3 is 10.6 Å². The Labute approximate surface area is 126 Å². The fourth-order valence-corrected chi connectivity index (χ4v) is 3.83. The van der Waals surface area contributed by atoms with E-state index in [1.165, 1.54) is 4.88 Å². The van der Waals surface area contributed by atoms with E-state index in [1.54, 1.807) is 22.7 Å². The van der Waals surface area contributed by atoms with Crippen molar-refractivity contribution in [3.8, 4) is 0 Å². The van der Waals surface area contributed by atoms with E-state index in [2.05, 4.69) is 40.5 Å². The number of aryl methyl sites for hydroxylation is 1. The van der Waals surface area contributed by atoms with Crippen LogP contribution in [-0.2, 0) is 6.42 Å². The number of thiazole rings is 1. The fraction of sp³-hybridized carbons (Fsp3) is 0.267. The zero-order chi connectivity index (χ0) is 14.1. The summed E-state index contributed by atoms with van der Waals surface area (Å²) in [5.41, 5.74) is 9.12. The van der Waals surface area contributed by atoms with Crippen LogP contribution in [0.3, 0.4) is 0 Å². The maximum Gasteiger partial charge on any atom is 0.0907 e. The zero-order valence-corrected chi connectivity index (χ0v) is 13.2. The first-order chi connectivity index (χ1) is 9.63. The monoisotopic (exact) mass is 303 g/mol. The molecule has 2 aromatic heterocycles. The number of nitrogen functional groups attached to an aromatic ring is 1. The molecule has 3 rings (SSSR count). The average Bonchev–Trinajstić information content (AvgIpc) is 3.03. The van der Waals surface area contributed by atoms with Crippen LogP contribution in [-0.4, -0.2) is 18.6 Å². The number of rotatable bonds is 4. The maximum absolute atomic E-state index is 6.19. The van der Waals surface area contributed by atoms with E-state index in [9.17, 15) is 0 Å². The lowest BCUT2D eigenvalue weighted by Gasteiger charge is -2.20. The predicted molar refractivity (Wildman–Crippen MR) is 90.1 cm³/mol. The quantitative estimate of drug-likeness (QED) is 0.743. The first kappa shape index (κ1) is 13.4. The Balaban J connectivity index is 1.82. The number of nitrogens with zero attached hydrogens (tertiary/aromatic N) is 2. The first-order valence-corrected chi connectivity index (χ1v) is 8.23. The maximum atomic E-state index is 6.19. The van der Waals surface area contributed by atoms with Crippen LogP contribution in [0, 0.1) is 6.92 Å². The van der Waals surface area contributed by atoms with Crippen molar-refractivity contribution in [2.75, 3.05) is 24.2 Å². The van der Waals surface area contributed by atoms with E-state index in [0.29, 0.717) is 0 Å². The second-order valence-electron chi connectivity index (χ2n) is 4.86. The number of aromatic nitrogens is 1. The molecule has 5 heteroatoms. The molecule has 0 aliphatic carbocycles. The molecular formula is C15H17N3S2. The highest BCUT2D eigenvalue weighted by molar-refractivity contribution is 7.18. The Bertz CT molecular complexity index is 716. The van der Waals surface area contributed by atoms with Crippen molar-refractivity contribution in [1.29, 1.82) is 0 Å². The van der Waals surface area contributed by atoms with Gasteiger partial charge in [0.15, 0.2) is 0 Å². The van der Waals surface area contributed by atoms with Crippen LogP contribution in [0.1, 0.15) is 9.88 Å². The van der Waals surface area contributed by atoms with Gasteiger partial charge >= 0.3 is 0 Å². The SMILES string of the molecule is Cc1nc2cc(N(C)CCc3cccs3)c(N)cc2s1. The number of benzene rings is 1. The predicted octanol–water partition coefficient (Wildman–Crippen LogP) is 3.93. The van der Waals surface area contributed by atoms with Gasteiger partial charge in [0.25, 0.3) is 0 Å². The van der Waals surface area contributed by atoms with Gasteiger partial charge in [-0.25, -0.2) is 4.98 Å². The summed E-state index contributed by atoms with van der Waals surface area (Å²) in [4.78, 5) is 8.16. The number of thiophene rings is 1. The smallest absolute Gasteiger partial charge is 0.0907 e. The van der Waals surface area contributed by atoms with E-state index >= 15 is 0 Å². The number of hydrogen-bond acceptors (Lipinski definition) is 5. The number of anilines is 2. The third-order valence-electron chi connectivity index (χ3n) is 3.33. The van der Waals surface area contributed by atoms with E-state index in [0.717, 1.165) is 39.6 Å². The van der Waals surface area contributed by atoms with Gasteiger partial charge in [-0.3, -0.25) is 0 Å². The molecule has 2 N–H and O–H groups in total. The standard InChI is InChI=1S/C15H17N3S2/c1-10-17-13-9-14(12(16)8-15(13)20-10)18(2)6-5-11-4-3-7-19-11/h3-4,7-9H,5-6,16H2,1-2H3. The topological polar surface area (TPSA) is 42.2 Å². The molecule has 1 aromatic carbocycles. The molecule has 0 bridgehead atoms. The molecule has 0 fully saturated rings. The van der Waals surface area contributed by atoms with Crippen LogP contribution >= 0.6 is 22.7 Å². The molecule has 0 radical (unpaired) electrons. The Morgan fingerprint density at radius 3 is 2.95 bits per heavy atom. The highest BCUT2D eigenvalue weighted by Gasteiger charge is 2.10. The number of fused-ring (bicyclic) bond motifs is 1. The Morgan fingerprint density at radius 2 is 2.20 bits per heavy atom. The zero-order valence-electron chi connectivity index (χ0n) is 11.6. The number of likely N-dealkylation sites (N-methyl/N-ethyl adjacent to an activating group) is 1. The molecule has 0 amide bonds. The van der Waals surface area contributed by atoms with Crippen molar-refractivity contribution in [2.24, 2.45) is 0 Å². The summed E-state index contributed by atoms with van der Waals surface area (Å²) in [6.07, 6.45) is 1.04. The van der Waals surface area contributed by atoms with Crippen molar-refractivity contribution in [2.45, 2.75) is 13.3 Å². The minimum Gasteiger partial charge on any atom is -0.397 e. The highest BCUT2D eigenvalue weighted by Crippen LogP contribution is 2.31. The molecule has 3 aromatic rings. The molecule has 0 unspecified atom stereocenters. The van der Waals surface area contributed by atoms with E-state index < -0.39 is 0 Å². The first-order valence-electron chi connectivity index (χ1n) is 6.53. The highest BCUT2D eigenvalue weighted by atomic mass is 32.1. The van der Waals surface area contributed by atoms with Crippen LogP contribution < -0.4 is 10.6 Å². The molecule has 3 nitrogen and oxygen atoms in total. The van der Waals surface area contributed by atoms with Gasteiger partial charge in [0.2, 0.25) is 0 Å². The van der Waals surface area contributed by atoms with E-state index in [1.807, 2.05) is 13.0 Å². The largest absolute Gasteiger partial charge is 0.397 e. The lowest BCUT2D eigenvalue weighted by Crippen LogP contribution is -2.21. The Kier molecular flexibility index (Phi) is 3.63. The summed E-state index contributed by atoms with van der Waals surface area (Å²) >= 11 is 3.49. The molecule has 0 aliphatic rings. The summed E-state index contributed by atoms with van der Waals surface area (Å²) in [5, 5.41) is 3.20. The van der Waals surface area contributed by atoms with Gasteiger partial charge in [0.1, 0.15) is 0 Å². The Morgan fingerprint density at radius 1 is 1.35 bits per heavy atom. The van der Waals surface area contributed by atoms with Gasteiger partial charge in [-0.15, -0.1) is 22.7 Å². The molecule has 2 heterocycles. The van der Waals surface area contributed by atoms with Crippen molar-refractivity contribution >= 4 is 44.3 Å². The second kappa shape index (κ2) is 5.42. The van der Waals surface area contributed by atoms with E-state index in [-0.39, 0.29) is 0 Å². The van der Waals surface area contributed by atoms with Crippen molar-refractivity contribution in [3.63, 3.8) is 0 Å². The molecule has 0 spiro atoms. The molecule has 0 atom stereocenters.